The first-order chi connectivity index (χ1) is 5.71. The van der Waals surface area contributed by atoms with Crippen molar-refractivity contribution in [1.29, 1.82) is 0 Å². The van der Waals surface area contributed by atoms with Gasteiger partial charge in [-0.15, -0.1) is 0 Å². The fraction of sp³-hybridized carbons (Fsp3) is 0. The van der Waals surface area contributed by atoms with E-state index in [9.17, 15) is 0 Å². The molecule has 0 heterocycles. The van der Waals surface area contributed by atoms with Crippen molar-refractivity contribution in [2.45, 2.75) is 0 Å². The van der Waals surface area contributed by atoms with Crippen molar-refractivity contribution >= 4 is 28.5 Å². The van der Waals surface area contributed by atoms with Crippen LogP contribution in [0.25, 0.3) is 0 Å². The van der Waals surface area contributed by atoms with E-state index in [1.807, 2.05) is 0 Å². The minimum Gasteiger partial charge on any atom is -0.759 e. The Labute approximate surface area is 136 Å². The van der Waals surface area contributed by atoms with Crippen LogP contribution in [0.4, 0.5) is 0 Å². The van der Waals surface area contributed by atoms with Crippen molar-refractivity contribution in [2.24, 2.45) is 0 Å². The zero-order valence-corrected chi connectivity index (χ0v) is 14.9. The molecule has 88 valence electrons. The monoisotopic (exact) mass is 316 g/mol. The molecule has 0 aromatic rings. The molecule has 0 fully saturated rings. The third-order valence-electron chi connectivity index (χ3n) is 0.274. The van der Waals surface area contributed by atoms with Crippen LogP contribution in [0.1, 0.15) is 0 Å². The first-order valence-corrected chi connectivity index (χ1v) is 7.25. The van der Waals surface area contributed by atoms with Gasteiger partial charge >= 0.3 is 77.2 Å². The van der Waals surface area contributed by atoms with Gasteiger partial charge in [0.15, 0.2) is 0 Å². The Morgan fingerprint density at radius 3 is 0.938 bits per heavy atom. The van der Waals surface area contributed by atoms with E-state index < -0.39 is 28.5 Å². The molecule has 6 N–H and O–H groups in total. The second kappa shape index (κ2) is 9.89. The first kappa shape index (κ1) is 26.6. The van der Waals surface area contributed by atoms with Crippen molar-refractivity contribution in [2.75, 3.05) is 0 Å². The molecule has 0 aromatic carbocycles. The smallest absolute Gasteiger partial charge is 0.759 e. The van der Waals surface area contributed by atoms with E-state index in [0.717, 1.165) is 0 Å². The molecule has 0 aliphatic heterocycles. The van der Waals surface area contributed by atoms with Crippen molar-refractivity contribution in [1.82, 2.24) is 0 Å². The van der Waals surface area contributed by atoms with Gasteiger partial charge in [-0.1, -0.05) is 0 Å². The molecular formula is H6Na2O11SSi2. The van der Waals surface area contributed by atoms with Gasteiger partial charge in [0.25, 0.3) is 0 Å². The predicted molar refractivity (Wildman–Crippen MR) is 36.4 cm³/mol. The van der Waals surface area contributed by atoms with Crippen molar-refractivity contribution in [3.05, 3.63) is 0 Å². The molecule has 16 heavy (non-hydrogen) atoms. The maximum atomic E-state index is 8.52. The van der Waals surface area contributed by atoms with Crippen LogP contribution < -0.4 is 59.1 Å². The van der Waals surface area contributed by atoms with Gasteiger partial charge in [-0.2, -0.15) is 0 Å². The van der Waals surface area contributed by atoms with Crippen molar-refractivity contribution < 1.29 is 110 Å². The Hall–Kier alpha value is 2.02. The summed E-state index contributed by atoms with van der Waals surface area (Å²) in [4.78, 5) is 47.6. The third kappa shape index (κ3) is 56.2. The molecule has 11 nitrogen and oxygen atoms in total. The number of rotatable bonds is 2. The molecular weight excluding hydrogens is 310 g/mol. The molecule has 0 spiro atoms. The third-order valence-corrected chi connectivity index (χ3v) is 2.46. The summed E-state index contributed by atoms with van der Waals surface area (Å²) >= 11 is 0. The summed E-state index contributed by atoms with van der Waals surface area (Å²) in [6.07, 6.45) is 0. The van der Waals surface area contributed by atoms with E-state index >= 15 is 0 Å². The summed E-state index contributed by atoms with van der Waals surface area (Å²) in [5, 5.41) is 0. The van der Waals surface area contributed by atoms with E-state index in [1.165, 1.54) is 0 Å². The van der Waals surface area contributed by atoms with Crippen LogP contribution in [-0.2, 0) is 14.5 Å². The topological polar surface area (TPSA) is 211 Å². The minimum absolute atomic E-state index is 0. The maximum Gasteiger partial charge on any atom is 1.00 e. The van der Waals surface area contributed by atoms with Crippen LogP contribution in [0.3, 0.4) is 0 Å². The maximum absolute atomic E-state index is 8.52. The Balaban J connectivity index is -0.0000000904. The Morgan fingerprint density at radius 2 is 0.938 bits per heavy atom. The average Bonchev–Trinajstić information content (AvgIpc) is 1.42. The average molecular weight is 316 g/mol. The summed E-state index contributed by atoms with van der Waals surface area (Å²) in [6.45, 7) is 0. The van der Waals surface area contributed by atoms with Gasteiger partial charge in [0, 0.05) is 10.4 Å². The van der Waals surface area contributed by atoms with Gasteiger partial charge in [-0.05, 0) is 0 Å². The molecule has 0 rings (SSSR count). The van der Waals surface area contributed by atoms with Crippen LogP contribution in [0.15, 0.2) is 0 Å². The summed E-state index contributed by atoms with van der Waals surface area (Å²) in [5.41, 5.74) is 0. The normalized spacial score (nSPS) is 11.5. The molecule has 0 atom stereocenters. The molecule has 16 heteroatoms. The Morgan fingerprint density at radius 1 is 0.812 bits per heavy atom. The van der Waals surface area contributed by atoms with Gasteiger partial charge in [0.05, 0.1) is 0 Å². The molecule has 0 saturated heterocycles. The van der Waals surface area contributed by atoms with Crippen LogP contribution >= 0.6 is 0 Å². The van der Waals surface area contributed by atoms with Gasteiger partial charge in [0.2, 0.25) is 0 Å². The van der Waals surface area contributed by atoms with Gasteiger partial charge in [0.1, 0.15) is 0 Å². The Bertz CT molecular complexity index is 226. The zero-order valence-electron chi connectivity index (χ0n) is 8.13. The van der Waals surface area contributed by atoms with Crippen molar-refractivity contribution in [3.63, 3.8) is 0 Å². The van der Waals surface area contributed by atoms with E-state index in [1.54, 1.807) is 0 Å². The molecule has 0 bridgehead atoms. The standard InChI is InChI=1S/2Na.H6O7Si2.H2O4S/c;;1-8(2,3)7-9(4,5)6;1-5(2,3)4/h;;1-6H;(H2,1,2,3,4)/q2*+1;;/p-2. The Kier molecular flexibility index (Phi) is 16.4. The van der Waals surface area contributed by atoms with E-state index in [0.29, 0.717) is 0 Å². The zero-order chi connectivity index (χ0) is 12.2. The first-order valence-electron chi connectivity index (χ1n) is 2.42. The van der Waals surface area contributed by atoms with E-state index in [4.69, 9.17) is 46.3 Å². The van der Waals surface area contributed by atoms with Crippen LogP contribution in [-0.4, -0.2) is 64.4 Å². The van der Waals surface area contributed by atoms with Gasteiger partial charge in [-0.25, -0.2) is 0 Å². The van der Waals surface area contributed by atoms with Crippen LogP contribution in [0, 0.1) is 0 Å². The second-order valence-electron chi connectivity index (χ2n) is 1.66. The predicted octanol–water partition coefficient (Wildman–Crippen LogP) is -11.5. The minimum atomic E-state index is -5.17. The second-order valence-corrected chi connectivity index (χ2v) is 5.59. The van der Waals surface area contributed by atoms with E-state index in [2.05, 4.69) is 4.12 Å². The summed E-state index contributed by atoms with van der Waals surface area (Å²) in [5.74, 6) is 0. The SMILES string of the molecule is O=S(=O)([O-])[O-].O[Si](O)(O)O[Si](O)(O)O.[Na+].[Na+]. The fourth-order valence-corrected chi connectivity index (χ4v) is 1.65. The number of hydrogen-bond donors (Lipinski definition) is 6. The molecule has 0 aliphatic carbocycles. The van der Waals surface area contributed by atoms with Crippen LogP contribution in [0.5, 0.6) is 0 Å². The number of hydrogen-bond acceptors (Lipinski definition) is 11. The molecule has 0 amide bonds. The largest absolute Gasteiger partial charge is 1.00 e. The molecule has 0 radical (unpaired) electrons. The quantitative estimate of drug-likeness (QED) is 0.160. The molecule has 0 aliphatic rings. The fourth-order valence-electron chi connectivity index (χ4n) is 0.184. The molecule has 0 unspecified atom stereocenters. The summed E-state index contributed by atoms with van der Waals surface area (Å²) < 4.78 is 37.3. The molecule has 0 aromatic heterocycles. The van der Waals surface area contributed by atoms with Gasteiger partial charge in [-0.3, -0.25) is 8.42 Å². The van der Waals surface area contributed by atoms with Gasteiger partial charge < -0.3 is 42.0 Å². The van der Waals surface area contributed by atoms with Crippen LogP contribution in [0.2, 0.25) is 0 Å². The summed E-state index contributed by atoms with van der Waals surface area (Å²) in [7, 11) is -15.1. The molecule has 0 saturated carbocycles. The van der Waals surface area contributed by atoms with Crippen molar-refractivity contribution in [3.8, 4) is 0 Å². The van der Waals surface area contributed by atoms with E-state index in [-0.39, 0.29) is 59.1 Å². The summed E-state index contributed by atoms with van der Waals surface area (Å²) in [6, 6.07) is 0.